The van der Waals surface area contributed by atoms with E-state index in [0.717, 1.165) is 38.5 Å². The van der Waals surface area contributed by atoms with Gasteiger partial charge >= 0.3 is 6.03 Å². The van der Waals surface area contributed by atoms with Crippen LogP contribution in [-0.2, 0) is 28.8 Å². The number of hydrogen-bond acceptors (Lipinski definition) is 7. The Morgan fingerprint density at radius 3 is 2.18 bits per heavy atom. The van der Waals surface area contributed by atoms with Gasteiger partial charge in [-0.2, -0.15) is 0 Å². The first kappa shape index (κ1) is 43.5. The highest BCUT2D eigenvalue weighted by Gasteiger charge is 2.57. The van der Waals surface area contributed by atoms with Gasteiger partial charge in [0.15, 0.2) is 0 Å². The zero-order valence-electron chi connectivity index (χ0n) is 34.1. The molecule has 0 aromatic rings. The Labute approximate surface area is 327 Å². The molecule has 4 fully saturated rings. The highest BCUT2D eigenvalue weighted by molar-refractivity contribution is 6.38. The number of terminal acetylenes is 1. The number of fused-ring (bicyclic) bond motifs is 1. The molecule has 304 valence electrons. The number of carbonyl (C=O) groups excluding carboxylic acids is 7. The molecule has 1 unspecified atom stereocenters. The van der Waals surface area contributed by atoms with Crippen molar-refractivity contribution in [1.29, 1.82) is 0 Å². The Hall–Kier alpha value is -4.21. The predicted octanol–water partition coefficient (Wildman–Crippen LogP) is 3.86. The number of amides is 7. The maximum atomic E-state index is 14.9. The van der Waals surface area contributed by atoms with Gasteiger partial charge in [0.2, 0.25) is 29.4 Å². The summed E-state index contributed by atoms with van der Waals surface area (Å²) in [7, 11) is 0. The smallest absolute Gasteiger partial charge is 0.315 e. The fraction of sp³-hybridized carbons (Fsp3) is 0.738. The molecule has 2 aliphatic carbocycles. The molecule has 4 N–H and O–H groups in total. The molecule has 0 bridgehead atoms. The molecule has 2 aliphatic heterocycles. The number of rotatable bonds is 14. The normalized spacial score (nSPS) is 25.2. The van der Waals surface area contributed by atoms with Crippen LogP contribution in [0.15, 0.2) is 12.7 Å². The van der Waals surface area contributed by atoms with E-state index in [-0.39, 0.29) is 79.7 Å². The molecule has 4 aliphatic rings. The average molecular weight is 765 g/mol. The molecule has 55 heavy (non-hydrogen) atoms. The van der Waals surface area contributed by atoms with Crippen LogP contribution in [0.3, 0.4) is 0 Å². The summed E-state index contributed by atoms with van der Waals surface area (Å²) < 4.78 is 0. The first-order valence-electron chi connectivity index (χ1n) is 20.1. The van der Waals surface area contributed by atoms with Gasteiger partial charge in [-0.15, -0.1) is 18.9 Å². The van der Waals surface area contributed by atoms with Crippen molar-refractivity contribution >= 4 is 41.4 Å². The van der Waals surface area contributed by atoms with Crippen LogP contribution in [0.4, 0.5) is 4.79 Å². The Bertz CT molecular complexity index is 1530. The van der Waals surface area contributed by atoms with Gasteiger partial charge in [-0.25, -0.2) is 4.79 Å². The maximum Gasteiger partial charge on any atom is 0.315 e. The van der Waals surface area contributed by atoms with E-state index in [9.17, 15) is 33.6 Å². The predicted molar refractivity (Wildman–Crippen MR) is 209 cm³/mol. The van der Waals surface area contributed by atoms with Gasteiger partial charge in [-0.05, 0) is 66.1 Å². The van der Waals surface area contributed by atoms with Gasteiger partial charge in [0, 0.05) is 38.9 Å². The van der Waals surface area contributed by atoms with E-state index in [1.165, 1.54) is 11.0 Å². The van der Waals surface area contributed by atoms with E-state index in [0.29, 0.717) is 13.0 Å². The summed E-state index contributed by atoms with van der Waals surface area (Å²) >= 11 is 0. The fourth-order valence-corrected chi connectivity index (χ4v) is 9.05. The van der Waals surface area contributed by atoms with Crippen molar-refractivity contribution in [3.63, 3.8) is 0 Å². The molecule has 0 aromatic heterocycles. The lowest BCUT2D eigenvalue weighted by molar-refractivity contribution is -0.153. The Kier molecular flexibility index (Phi) is 14.0. The summed E-state index contributed by atoms with van der Waals surface area (Å²) in [5, 5.41) is 11.3. The molecule has 2 saturated heterocycles. The molecule has 7 amide bonds. The Balaban J connectivity index is 1.61. The van der Waals surface area contributed by atoms with Crippen molar-refractivity contribution in [3.8, 4) is 12.3 Å². The van der Waals surface area contributed by atoms with Crippen LogP contribution in [-0.4, -0.2) is 95.0 Å². The summed E-state index contributed by atoms with van der Waals surface area (Å²) in [6.07, 6.45) is 13.4. The number of hydrogen-bond donors (Lipinski definition) is 4. The third-order valence-corrected chi connectivity index (χ3v) is 12.4. The third-order valence-electron chi connectivity index (χ3n) is 12.4. The van der Waals surface area contributed by atoms with Crippen LogP contribution in [0, 0.1) is 46.3 Å². The highest BCUT2D eigenvalue weighted by Crippen LogP contribution is 2.53. The SMILES string of the molecule is C#CCCC(NC(=O)[C@@H]1[C@H]2CCC(C)(C)[C@H]2CN1C(=O)[C@@H](NC(=O)N[C@H](CN1C(=O)CC(C)(C)CC1=O)C(C)(C)C)C1CCCCC1)C(=O)C(=O)NCC=C. The fourth-order valence-electron chi connectivity index (χ4n) is 9.05. The van der Waals surface area contributed by atoms with Crippen LogP contribution in [0.2, 0.25) is 0 Å². The number of ketones is 1. The zero-order valence-corrected chi connectivity index (χ0v) is 34.1. The first-order chi connectivity index (χ1) is 25.7. The summed E-state index contributed by atoms with van der Waals surface area (Å²) in [4.78, 5) is 98.2. The van der Waals surface area contributed by atoms with E-state index in [2.05, 4.69) is 47.6 Å². The van der Waals surface area contributed by atoms with Crippen LogP contribution >= 0.6 is 0 Å². The van der Waals surface area contributed by atoms with Gasteiger partial charge in [-0.1, -0.05) is 73.8 Å². The van der Waals surface area contributed by atoms with Gasteiger partial charge < -0.3 is 26.2 Å². The summed E-state index contributed by atoms with van der Waals surface area (Å²) in [6, 6.07) is -4.26. The lowest BCUT2D eigenvalue weighted by Gasteiger charge is -2.40. The minimum absolute atomic E-state index is 0.00125. The third kappa shape index (κ3) is 10.6. The second-order valence-electron chi connectivity index (χ2n) is 18.7. The number of piperidine rings is 1. The molecule has 0 spiro atoms. The number of Topliss-reactive ketones (excluding diaryl/α,β-unsaturated/α-hetero) is 1. The Morgan fingerprint density at radius 1 is 0.964 bits per heavy atom. The summed E-state index contributed by atoms with van der Waals surface area (Å²) in [6.45, 7) is 17.8. The van der Waals surface area contributed by atoms with Crippen LogP contribution in [0.5, 0.6) is 0 Å². The number of likely N-dealkylation sites (tertiary alicyclic amines) is 2. The topological polar surface area (TPSA) is 174 Å². The van der Waals surface area contributed by atoms with E-state index >= 15 is 0 Å². The molecule has 0 radical (unpaired) electrons. The van der Waals surface area contributed by atoms with Gasteiger partial charge in [0.1, 0.15) is 12.1 Å². The molecule has 0 aromatic carbocycles. The van der Waals surface area contributed by atoms with Crippen molar-refractivity contribution in [1.82, 2.24) is 31.1 Å². The molecule has 2 heterocycles. The van der Waals surface area contributed by atoms with Crippen LogP contribution in [0.1, 0.15) is 119 Å². The molecule has 4 rings (SSSR count). The lowest BCUT2D eigenvalue weighted by atomic mass is 9.79. The second-order valence-corrected chi connectivity index (χ2v) is 18.7. The van der Waals surface area contributed by atoms with Gasteiger partial charge in [0.25, 0.3) is 5.91 Å². The van der Waals surface area contributed by atoms with Crippen molar-refractivity contribution < 1.29 is 33.6 Å². The average Bonchev–Trinajstić information content (AvgIpc) is 3.64. The maximum absolute atomic E-state index is 14.9. The Morgan fingerprint density at radius 2 is 1.60 bits per heavy atom. The highest BCUT2D eigenvalue weighted by atomic mass is 16.2. The number of urea groups is 1. The van der Waals surface area contributed by atoms with Gasteiger partial charge in [-0.3, -0.25) is 33.7 Å². The molecular weight excluding hydrogens is 700 g/mol. The molecule has 13 nitrogen and oxygen atoms in total. The quantitative estimate of drug-likeness (QED) is 0.0900. The van der Waals surface area contributed by atoms with Crippen LogP contribution < -0.4 is 21.3 Å². The van der Waals surface area contributed by atoms with Crippen molar-refractivity contribution in [3.05, 3.63) is 12.7 Å². The van der Waals surface area contributed by atoms with Crippen LogP contribution in [0.25, 0.3) is 0 Å². The zero-order chi connectivity index (χ0) is 40.9. The minimum atomic E-state index is -1.18. The van der Waals surface area contributed by atoms with Crippen molar-refractivity contribution in [2.24, 2.45) is 34.0 Å². The molecular formula is C42H64N6O7. The summed E-state index contributed by atoms with van der Waals surface area (Å²) in [5.41, 5.74) is -1.14. The summed E-state index contributed by atoms with van der Waals surface area (Å²) in [5.74, 6) is -1.02. The number of nitrogens with zero attached hydrogens (tertiary/aromatic N) is 2. The standard InChI is InChI=1S/C42H64N6O7/c1-10-12-18-29(35(51)37(53)43-21-11-2)44-36(52)34-27-19-20-42(8,9)28(27)24-48(34)38(54)33(26-16-14-13-15-17-26)46-39(55)45-30(40(3,4)5)25-47-31(49)22-41(6,7)23-32(47)50/h1,11,26-30,33-34H,2,12-25H2,3-9H3,(H,43,53)(H,44,52)(H2,45,46,55)/t27-,28-,29?,30+,33-,34-/m0/s1. The van der Waals surface area contributed by atoms with E-state index < -0.39 is 58.6 Å². The molecule has 6 atom stereocenters. The lowest BCUT2D eigenvalue weighted by Crippen LogP contribution is -2.62. The number of nitrogens with one attached hydrogen (secondary N) is 4. The second kappa shape index (κ2) is 17.7. The largest absolute Gasteiger partial charge is 0.346 e. The number of imide groups is 1. The monoisotopic (exact) mass is 764 g/mol. The van der Waals surface area contributed by atoms with E-state index in [4.69, 9.17) is 6.42 Å². The number of carbonyl (C=O) groups is 7. The van der Waals surface area contributed by atoms with Gasteiger partial charge in [0.05, 0.1) is 12.1 Å². The van der Waals surface area contributed by atoms with E-state index in [1.807, 2.05) is 34.6 Å². The van der Waals surface area contributed by atoms with Crippen molar-refractivity contribution in [2.75, 3.05) is 19.6 Å². The molecule has 13 heteroatoms. The minimum Gasteiger partial charge on any atom is -0.346 e. The van der Waals surface area contributed by atoms with E-state index in [1.54, 1.807) is 4.90 Å². The van der Waals surface area contributed by atoms with Crippen molar-refractivity contribution in [2.45, 2.75) is 143 Å². The molecule has 2 saturated carbocycles. The first-order valence-corrected chi connectivity index (χ1v) is 20.1.